The fourth-order valence-electron chi connectivity index (χ4n) is 6.43. The number of hydrogen-bond acceptors (Lipinski definition) is 6. The van der Waals surface area contributed by atoms with Crippen LogP contribution in [-0.4, -0.2) is 68.8 Å². The normalized spacial score (nSPS) is 19.8. The molecule has 12 heteroatoms. The molecule has 0 radical (unpaired) electrons. The molecule has 2 atom stereocenters. The Morgan fingerprint density at radius 1 is 0.929 bits per heavy atom. The summed E-state index contributed by atoms with van der Waals surface area (Å²) in [5.41, 5.74) is 2.73. The van der Waals surface area contributed by atoms with E-state index < -0.39 is 12.0 Å². The second kappa shape index (κ2) is 11.4. The van der Waals surface area contributed by atoms with Crippen molar-refractivity contribution in [2.45, 2.75) is 43.6 Å². The van der Waals surface area contributed by atoms with Crippen LogP contribution in [0.1, 0.15) is 41.3 Å². The molecule has 0 N–H and O–H groups in total. The number of piperazine rings is 1. The molecule has 3 aromatic carbocycles. The predicted octanol–water partition coefficient (Wildman–Crippen LogP) is 5.45. The van der Waals surface area contributed by atoms with Gasteiger partial charge in [-0.2, -0.15) is 17.9 Å². The van der Waals surface area contributed by atoms with Gasteiger partial charge >= 0.3 is 6.18 Å². The van der Waals surface area contributed by atoms with Gasteiger partial charge in [0, 0.05) is 43.2 Å². The van der Waals surface area contributed by atoms with Crippen LogP contribution in [-0.2, 0) is 12.7 Å². The van der Waals surface area contributed by atoms with Crippen molar-refractivity contribution in [3.63, 3.8) is 0 Å². The van der Waals surface area contributed by atoms with Crippen LogP contribution < -0.4 is 4.74 Å². The summed E-state index contributed by atoms with van der Waals surface area (Å²) in [6, 6.07) is 17.9. The van der Waals surface area contributed by atoms with Crippen molar-refractivity contribution in [3.05, 3.63) is 101 Å². The van der Waals surface area contributed by atoms with Crippen molar-refractivity contribution in [1.82, 2.24) is 30.0 Å². The van der Waals surface area contributed by atoms with E-state index in [4.69, 9.17) is 4.74 Å². The monoisotopic (exact) mass is 584 g/mol. The Balaban J connectivity index is 1.35. The zero-order chi connectivity index (χ0) is 29.4. The van der Waals surface area contributed by atoms with E-state index in [0.29, 0.717) is 29.1 Å². The van der Waals surface area contributed by atoms with E-state index >= 15 is 0 Å². The number of rotatable bonds is 7. The van der Waals surface area contributed by atoms with Gasteiger partial charge in [0.1, 0.15) is 17.4 Å². The molecule has 1 aromatic heterocycles. The van der Waals surface area contributed by atoms with Crippen molar-refractivity contribution in [2.24, 2.45) is 0 Å². The van der Waals surface area contributed by atoms with Gasteiger partial charge in [0.2, 0.25) is 0 Å². The van der Waals surface area contributed by atoms with Crippen LogP contribution in [0.5, 0.6) is 5.75 Å². The lowest BCUT2D eigenvalue weighted by atomic mass is 9.82. The van der Waals surface area contributed by atoms with Gasteiger partial charge in [-0.25, -0.2) is 8.78 Å². The number of benzene rings is 3. The highest BCUT2D eigenvalue weighted by atomic mass is 19.4. The number of hydrogen-bond donors (Lipinski definition) is 0. The zero-order valence-corrected chi connectivity index (χ0v) is 22.8. The predicted molar refractivity (Wildman–Crippen MR) is 144 cm³/mol. The van der Waals surface area contributed by atoms with Gasteiger partial charge in [0.15, 0.2) is 0 Å². The average Bonchev–Trinajstić information content (AvgIpc) is 3.66. The summed E-state index contributed by atoms with van der Waals surface area (Å²) in [4.78, 5) is 4.78. The first-order chi connectivity index (χ1) is 20.2. The van der Waals surface area contributed by atoms with E-state index in [1.54, 1.807) is 36.4 Å². The first-order valence-corrected chi connectivity index (χ1v) is 13.7. The van der Waals surface area contributed by atoms with Crippen LogP contribution in [0.2, 0.25) is 0 Å². The summed E-state index contributed by atoms with van der Waals surface area (Å²) < 4.78 is 74.6. The van der Waals surface area contributed by atoms with Crippen molar-refractivity contribution >= 4 is 0 Å². The quantitative estimate of drug-likeness (QED) is 0.270. The van der Waals surface area contributed by atoms with Crippen LogP contribution in [0, 0.1) is 11.6 Å². The first kappa shape index (κ1) is 28.2. The summed E-state index contributed by atoms with van der Waals surface area (Å²) >= 11 is 0. The number of nitrogens with zero attached hydrogens (tertiary/aromatic N) is 6. The molecular formula is C30H29F5N6O. The molecular weight excluding hydrogens is 555 g/mol. The smallest absolute Gasteiger partial charge is 0.453 e. The molecule has 4 aromatic rings. The van der Waals surface area contributed by atoms with Gasteiger partial charge in [-0.3, -0.25) is 9.80 Å². The number of fused-ring (bicyclic) bond motifs is 1. The van der Waals surface area contributed by atoms with E-state index in [0.717, 1.165) is 37.1 Å². The molecule has 2 aliphatic rings. The van der Waals surface area contributed by atoms with E-state index in [-0.39, 0.29) is 35.3 Å². The molecule has 6 rings (SSSR count). The summed E-state index contributed by atoms with van der Waals surface area (Å²) in [6.07, 6.45) is -2.68. The Morgan fingerprint density at radius 2 is 1.60 bits per heavy atom. The minimum Gasteiger partial charge on any atom is -0.496 e. The third kappa shape index (κ3) is 5.60. The molecule has 2 fully saturated rings. The fourth-order valence-corrected chi connectivity index (χ4v) is 6.43. The van der Waals surface area contributed by atoms with Crippen LogP contribution in [0.25, 0.3) is 5.69 Å². The molecule has 220 valence electrons. The van der Waals surface area contributed by atoms with Gasteiger partial charge in [-0.1, -0.05) is 24.3 Å². The van der Waals surface area contributed by atoms with Crippen LogP contribution in [0.15, 0.2) is 66.7 Å². The van der Waals surface area contributed by atoms with E-state index in [2.05, 4.69) is 25.3 Å². The molecule has 3 heterocycles. The Kier molecular flexibility index (Phi) is 7.67. The molecule has 2 saturated heterocycles. The highest BCUT2D eigenvalue weighted by molar-refractivity contribution is 5.44. The van der Waals surface area contributed by atoms with Gasteiger partial charge in [0.25, 0.3) is 5.82 Å². The van der Waals surface area contributed by atoms with E-state index in [1.165, 1.54) is 37.4 Å². The maximum Gasteiger partial charge on any atom is 0.453 e. The molecule has 0 amide bonds. The second-order valence-corrected chi connectivity index (χ2v) is 10.8. The Morgan fingerprint density at radius 3 is 2.21 bits per heavy atom. The van der Waals surface area contributed by atoms with Crippen LogP contribution >= 0.6 is 0 Å². The van der Waals surface area contributed by atoms with E-state index in [1.807, 2.05) is 0 Å². The highest BCUT2D eigenvalue weighted by Gasteiger charge is 2.42. The lowest BCUT2D eigenvalue weighted by Crippen LogP contribution is -2.57. The molecule has 0 aliphatic carbocycles. The topological polar surface area (TPSA) is 59.3 Å². The molecule has 0 bridgehead atoms. The van der Waals surface area contributed by atoms with Gasteiger partial charge in [-0.05, 0) is 83.4 Å². The minimum atomic E-state index is -4.72. The fraction of sp³-hybridized carbons (Fsp3) is 0.367. The lowest BCUT2D eigenvalue weighted by molar-refractivity contribution is -0.146. The number of ether oxygens (including phenoxy) is 1. The van der Waals surface area contributed by atoms with Gasteiger partial charge < -0.3 is 4.74 Å². The summed E-state index contributed by atoms with van der Waals surface area (Å²) in [5, 5.41) is 9.98. The summed E-state index contributed by atoms with van der Waals surface area (Å²) in [5.74, 6) is -1.48. The molecule has 42 heavy (non-hydrogen) atoms. The third-order valence-electron chi connectivity index (χ3n) is 8.23. The van der Waals surface area contributed by atoms with Crippen LogP contribution in [0.3, 0.4) is 0 Å². The van der Waals surface area contributed by atoms with Gasteiger partial charge in [0.05, 0.1) is 12.8 Å². The first-order valence-electron chi connectivity index (χ1n) is 13.7. The maximum atomic E-state index is 13.9. The SMILES string of the molecule is COc1ccc(-n2nnnc2C(F)(F)F)cc1CN1C[C@@H]2CCCN2[C@H](C(c2ccc(F)cc2)c2ccc(F)cc2)C1. The number of halogens is 5. The Hall–Kier alpha value is -3.90. The summed E-state index contributed by atoms with van der Waals surface area (Å²) in [7, 11) is 1.52. The summed E-state index contributed by atoms with van der Waals surface area (Å²) in [6.45, 7) is 2.73. The van der Waals surface area contributed by atoms with Crippen molar-refractivity contribution < 1.29 is 26.7 Å². The van der Waals surface area contributed by atoms with Crippen molar-refractivity contribution in [1.29, 1.82) is 0 Å². The van der Waals surface area contributed by atoms with Gasteiger partial charge in [-0.15, -0.1) is 5.10 Å². The molecule has 7 nitrogen and oxygen atoms in total. The largest absolute Gasteiger partial charge is 0.496 e. The number of aromatic nitrogens is 4. The van der Waals surface area contributed by atoms with E-state index in [9.17, 15) is 22.0 Å². The Labute approximate surface area is 239 Å². The standard InChI is InChI=1S/C30H29F5N6O/c1-42-27-13-12-24(41-29(30(33,34)35)36-37-38-41)15-21(27)16-39-17-25-3-2-14-40(25)26(18-39)28(19-4-8-22(31)9-5-19)20-6-10-23(32)11-7-20/h4-13,15,25-26,28H,2-3,14,16-18H2,1H3/t25-,26-/m0/s1. The van der Waals surface area contributed by atoms with Crippen LogP contribution in [0.4, 0.5) is 22.0 Å². The number of methoxy groups -OCH3 is 1. The van der Waals surface area contributed by atoms with Crippen molar-refractivity contribution in [3.8, 4) is 11.4 Å². The Bertz CT molecular complexity index is 1480. The molecule has 0 unspecified atom stereocenters. The molecule has 0 spiro atoms. The third-order valence-corrected chi connectivity index (χ3v) is 8.23. The highest BCUT2D eigenvalue weighted by Crippen LogP contribution is 2.39. The lowest BCUT2D eigenvalue weighted by Gasteiger charge is -2.47. The second-order valence-electron chi connectivity index (χ2n) is 10.8. The molecule has 0 saturated carbocycles. The number of alkyl halides is 3. The zero-order valence-electron chi connectivity index (χ0n) is 22.8. The average molecular weight is 585 g/mol. The number of tetrazole rings is 1. The maximum absolute atomic E-state index is 13.9. The van der Waals surface area contributed by atoms with Crippen molar-refractivity contribution in [2.75, 3.05) is 26.7 Å². The molecule has 2 aliphatic heterocycles. The minimum absolute atomic E-state index is 0.00676.